The molecule has 0 radical (unpaired) electrons. The molecule has 0 aromatic rings. The molecule has 0 aromatic heterocycles. The summed E-state index contributed by atoms with van der Waals surface area (Å²) in [7, 11) is 6.00. The SMILES string of the molecule is CNCCCC(=O)N(C)CC1CCN(C)C1. The van der Waals surface area contributed by atoms with E-state index in [-0.39, 0.29) is 5.91 Å². The Morgan fingerprint density at radius 3 is 2.88 bits per heavy atom. The Balaban J connectivity index is 2.18. The summed E-state index contributed by atoms with van der Waals surface area (Å²) >= 11 is 0. The van der Waals surface area contributed by atoms with Crippen molar-refractivity contribution in [1.29, 1.82) is 0 Å². The minimum absolute atomic E-state index is 0.282. The standard InChI is InChI=1S/C12H25N3O/c1-13-7-4-5-12(16)15(3)10-11-6-8-14(2)9-11/h11,13H,4-10H2,1-3H3. The Kier molecular flexibility index (Phi) is 5.77. The molecule has 1 amide bonds. The molecule has 1 heterocycles. The first-order valence-corrected chi connectivity index (χ1v) is 6.20. The van der Waals surface area contributed by atoms with Crippen LogP contribution in [-0.2, 0) is 4.79 Å². The number of carbonyl (C=O) groups excluding carboxylic acids is 1. The van der Waals surface area contributed by atoms with E-state index in [0.29, 0.717) is 12.3 Å². The van der Waals surface area contributed by atoms with Crippen molar-refractivity contribution in [2.45, 2.75) is 19.3 Å². The van der Waals surface area contributed by atoms with E-state index < -0.39 is 0 Å². The Labute approximate surface area is 99.0 Å². The molecule has 1 fully saturated rings. The van der Waals surface area contributed by atoms with Crippen molar-refractivity contribution in [3.05, 3.63) is 0 Å². The van der Waals surface area contributed by atoms with Crippen LogP contribution in [0, 0.1) is 5.92 Å². The predicted octanol–water partition coefficient (Wildman–Crippen LogP) is 0.396. The van der Waals surface area contributed by atoms with Crippen molar-refractivity contribution < 1.29 is 4.79 Å². The van der Waals surface area contributed by atoms with Gasteiger partial charge in [-0.2, -0.15) is 0 Å². The number of hydrogen-bond donors (Lipinski definition) is 1. The maximum Gasteiger partial charge on any atom is 0.222 e. The zero-order valence-electron chi connectivity index (χ0n) is 10.8. The second kappa shape index (κ2) is 6.86. The molecule has 4 nitrogen and oxygen atoms in total. The maximum absolute atomic E-state index is 11.8. The minimum Gasteiger partial charge on any atom is -0.345 e. The van der Waals surface area contributed by atoms with Crippen molar-refractivity contribution in [2.75, 3.05) is 47.3 Å². The molecule has 0 aliphatic carbocycles. The summed E-state index contributed by atoms with van der Waals surface area (Å²) < 4.78 is 0. The molecule has 4 heteroatoms. The lowest BCUT2D eigenvalue weighted by molar-refractivity contribution is -0.130. The van der Waals surface area contributed by atoms with Crippen molar-refractivity contribution in [3.63, 3.8) is 0 Å². The number of carbonyl (C=O) groups is 1. The average Bonchev–Trinajstić information content (AvgIpc) is 2.64. The minimum atomic E-state index is 0.282. The molecule has 1 N–H and O–H groups in total. The van der Waals surface area contributed by atoms with E-state index in [1.165, 1.54) is 13.0 Å². The van der Waals surface area contributed by atoms with Gasteiger partial charge in [0.1, 0.15) is 0 Å². The lowest BCUT2D eigenvalue weighted by Gasteiger charge is -2.21. The fraction of sp³-hybridized carbons (Fsp3) is 0.917. The van der Waals surface area contributed by atoms with Gasteiger partial charge < -0.3 is 15.1 Å². The first-order valence-electron chi connectivity index (χ1n) is 6.20. The van der Waals surface area contributed by atoms with Gasteiger partial charge in [0.05, 0.1) is 0 Å². The van der Waals surface area contributed by atoms with E-state index in [4.69, 9.17) is 0 Å². The highest BCUT2D eigenvalue weighted by atomic mass is 16.2. The van der Waals surface area contributed by atoms with Crippen molar-refractivity contribution in [2.24, 2.45) is 5.92 Å². The van der Waals surface area contributed by atoms with Gasteiger partial charge >= 0.3 is 0 Å². The molecular weight excluding hydrogens is 202 g/mol. The van der Waals surface area contributed by atoms with Gasteiger partial charge in [-0.05, 0) is 45.9 Å². The monoisotopic (exact) mass is 227 g/mol. The van der Waals surface area contributed by atoms with Gasteiger partial charge in [0.25, 0.3) is 0 Å². The average molecular weight is 227 g/mol. The molecule has 94 valence electrons. The number of hydrogen-bond acceptors (Lipinski definition) is 3. The quantitative estimate of drug-likeness (QED) is 0.667. The number of amides is 1. The Hall–Kier alpha value is -0.610. The molecule has 0 bridgehead atoms. The topological polar surface area (TPSA) is 35.6 Å². The second-order valence-electron chi connectivity index (χ2n) is 4.90. The molecule has 1 saturated heterocycles. The summed E-state index contributed by atoms with van der Waals surface area (Å²) in [5.41, 5.74) is 0. The third kappa shape index (κ3) is 4.49. The summed E-state index contributed by atoms with van der Waals surface area (Å²) in [6.07, 6.45) is 2.83. The first-order chi connectivity index (χ1) is 7.63. The first kappa shape index (κ1) is 13.5. The van der Waals surface area contributed by atoms with Gasteiger partial charge in [-0.1, -0.05) is 0 Å². The molecule has 1 aliphatic heterocycles. The van der Waals surface area contributed by atoms with Crippen LogP contribution in [0.4, 0.5) is 0 Å². The van der Waals surface area contributed by atoms with Crippen LogP contribution in [0.5, 0.6) is 0 Å². The molecule has 0 spiro atoms. The van der Waals surface area contributed by atoms with Crippen molar-refractivity contribution >= 4 is 5.91 Å². The second-order valence-corrected chi connectivity index (χ2v) is 4.90. The fourth-order valence-corrected chi connectivity index (χ4v) is 2.27. The number of rotatable bonds is 6. The maximum atomic E-state index is 11.8. The molecule has 1 unspecified atom stereocenters. The molecular formula is C12H25N3O. The van der Waals surface area contributed by atoms with Crippen molar-refractivity contribution in [1.82, 2.24) is 15.1 Å². The summed E-state index contributed by atoms with van der Waals surface area (Å²) in [6, 6.07) is 0. The van der Waals surface area contributed by atoms with Gasteiger partial charge in [-0.25, -0.2) is 0 Å². The lowest BCUT2D eigenvalue weighted by Crippen LogP contribution is -2.33. The van der Waals surface area contributed by atoms with Gasteiger partial charge in [0, 0.05) is 26.6 Å². The van der Waals surface area contributed by atoms with Crippen molar-refractivity contribution in [3.8, 4) is 0 Å². The largest absolute Gasteiger partial charge is 0.345 e. The van der Waals surface area contributed by atoms with E-state index in [2.05, 4.69) is 17.3 Å². The number of likely N-dealkylation sites (tertiary alicyclic amines) is 1. The van der Waals surface area contributed by atoms with Crippen LogP contribution in [0.3, 0.4) is 0 Å². The molecule has 1 rings (SSSR count). The van der Waals surface area contributed by atoms with Gasteiger partial charge in [-0.3, -0.25) is 4.79 Å². The Bertz CT molecular complexity index is 220. The van der Waals surface area contributed by atoms with Gasteiger partial charge in [-0.15, -0.1) is 0 Å². The zero-order chi connectivity index (χ0) is 12.0. The van der Waals surface area contributed by atoms with Gasteiger partial charge in [0.15, 0.2) is 0 Å². The van der Waals surface area contributed by atoms with Crippen LogP contribution in [0.15, 0.2) is 0 Å². The molecule has 0 aromatic carbocycles. The van der Waals surface area contributed by atoms with E-state index in [9.17, 15) is 4.79 Å². The molecule has 1 atom stereocenters. The van der Waals surface area contributed by atoms with Crippen LogP contribution in [0.25, 0.3) is 0 Å². The molecule has 16 heavy (non-hydrogen) atoms. The van der Waals surface area contributed by atoms with Crippen LogP contribution in [0.1, 0.15) is 19.3 Å². The summed E-state index contributed by atoms with van der Waals surface area (Å²) in [5, 5.41) is 3.06. The third-order valence-electron chi connectivity index (χ3n) is 3.26. The smallest absolute Gasteiger partial charge is 0.222 e. The highest BCUT2D eigenvalue weighted by Gasteiger charge is 2.22. The predicted molar refractivity (Wildman–Crippen MR) is 66.4 cm³/mol. The summed E-state index contributed by atoms with van der Waals surface area (Å²) in [4.78, 5) is 16.0. The normalized spacial score (nSPS) is 21.3. The lowest BCUT2D eigenvalue weighted by atomic mass is 10.1. The van der Waals surface area contributed by atoms with Crippen LogP contribution in [-0.4, -0.2) is 63.0 Å². The fourth-order valence-electron chi connectivity index (χ4n) is 2.27. The highest BCUT2D eigenvalue weighted by Crippen LogP contribution is 2.15. The van der Waals surface area contributed by atoms with E-state index in [1.807, 2.05) is 19.0 Å². The van der Waals surface area contributed by atoms with Crippen LogP contribution in [0.2, 0.25) is 0 Å². The third-order valence-corrected chi connectivity index (χ3v) is 3.26. The zero-order valence-corrected chi connectivity index (χ0v) is 10.8. The number of nitrogens with zero attached hydrogens (tertiary/aromatic N) is 2. The van der Waals surface area contributed by atoms with E-state index in [0.717, 1.165) is 26.1 Å². The van der Waals surface area contributed by atoms with Gasteiger partial charge in [0.2, 0.25) is 5.91 Å². The summed E-state index contributed by atoms with van der Waals surface area (Å²) in [5.74, 6) is 0.952. The van der Waals surface area contributed by atoms with E-state index in [1.54, 1.807) is 0 Å². The Morgan fingerprint density at radius 1 is 1.56 bits per heavy atom. The number of nitrogens with one attached hydrogen (secondary N) is 1. The Morgan fingerprint density at radius 2 is 2.31 bits per heavy atom. The molecule has 1 aliphatic rings. The van der Waals surface area contributed by atoms with Crippen LogP contribution >= 0.6 is 0 Å². The molecule has 0 saturated carbocycles. The highest BCUT2D eigenvalue weighted by molar-refractivity contribution is 5.75. The van der Waals surface area contributed by atoms with E-state index >= 15 is 0 Å². The summed E-state index contributed by atoms with van der Waals surface area (Å²) in [6.45, 7) is 4.15. The van der Waals surface area contributed by atoms with Crippen LogP contribution < -0.4 is 5.32 Å².